The van der Waals surface area contributed by atoms with Gasteiger partial charge in [-0.05, 0) is 24.6 Å². The van der Waals surface area contributed by atoms with Gasteiger partial charge in [0, 0.05) is 6.54 Å². The Morgan fingerprint density at radius 2 is 1.90 bits per heavy atom. The Balaban J connectivity index is 3.32. The monoisotopic (exact) mass is 330 g/mol. The van der Waals surface area contributed by atoms with Crippen molar-refractivity contribution in [3.63, 3.8) is 0 Å². The number of sulfonamides is 1. The number of aryl methyl sites for hydroxylation is 1. The van der Waals surface area contributed by atoms with Crippen LogP contribution in [0, 0.1) is 12.7 Å². The number of nitrogen functional groups attached to an aromatic ring is 1. The predicted octanol–water partition coefficient (Wildman–Crippen LogP) is 1.26. The van der Waals surface area contributed by atoms with E-state index in [1.165, 1.54) is 6.92 Å². The molecule has 0 aliphatic carbocycles. The third kappa shape index (κ3) is 4.29. The minimum absolute atomic E-state index is 0.0761. The van der Waals surface area contributed by atoms with E-state index in [0.717, 1.165) is 12.1 Å². The van der Waals surface area contributed by atoms with Crippen LogP contribution in [0.1, 0.15) is 5.56 Å². The molecule has 10 heteroatoms. The van der Waals surface area contributed by atoms with Crippen molar-refractivity contribution in [2.75, 3.05) is 25.4 Å². The molecule has 0 aliphatic heterocycles. The first kappa shape index (κ1) is 17.7. The number of nitrogens with two attached hydrogens (primary N) is 1. The Morgan fingerprint density at radius 3 is 2.38 bits per heavy atom. The van der Waals surface area contributed by atoms with Crippen LogP contribution in [0.15, 0.2) is 17.0 Å². The number of nitrogens with zero attached hydrogens (tertiary/aromatic N) is 1. The van der Waals surface area contributed by atoms with Gasteiger partial charge in [0.05, 0.1) is 17.2 Å². The Kier molecular flexibility index (Phi) is 5.18. The molecule has 0 bridgehead atoms. The second-order valence-electron chi connectivity index (χ2n) is 4.32. The molecular formula is C11H14F4N2O3S. The van der Waals surface area contributed by atoms with Crippen LogP contribution in [0.3, 0.4) is 0 Å². The van der Waals surface area contributed by atoms with E-state index in [9.17, 15) is 26.0 Å². The van der Waals surface area contributed by atoms with Crippen molar-refractivity contribution in [3.8, 4) is 0 Å². The van der Waals surface area contributed by atoms with Crippen LogP contribution in [0.25, 0.3) is 0 Å². The fraction of sp³-hybridized carbons (Fsp3) is 0.455. The van der Waals surface area contributed by atoms with Gasteiger partial charge in [0.25, 0.3) is 0 Å². The lowest BCUT2D eigenvalue weighted by atomic mass is 10.2. The third-order valence-corrected chi connectivity index (χ3v) is 4.60. The predicted molar refractivity (Wildman–Crippen MR) is 67.4 cm³/mol. The largest absolute Gasteiger partial charge is 0.402 e. The summed E-state index contributed by atoms with van der Waals surface area (Å²) < 4.78 is 75.1. The molecule has 0 aromatic heterocycles. The normalized spacial score (nSPS) is 12.9. The molecule has 1 rings (SSSR count). The van der Waals surface area contributed by atoms with Crippen molar-refractivity contribution >= 4 is 15.7 Å². The average Bonchev–Trinajstić information content (AvgIpc) is 2.31. The molecule has 0 amide bonds. The molecule has 1 aromatic carbocycles. The summed E-state index contributed by atoms with van der Waals surface area (Å²) in [5.74, 6) is -0.865. The van der Waals surface area contributed by atoms with Crippen molar-refractivity contribution in [2.24, 2.45) is 0 Å². The number of aliphatic hydroxyl groups excluding tert-OH is 1. The van der Waals surface area contributed by atoms with Crippen molar-refractivity contribution in [1.82, 2.24) is 4.31 Å². The van der Waals surface area contributed by atoms with Gasteiger partial charge in [-0.1, -0.05) is 0 Å². The zero-order valence-electron chi connectivity index (χ0n) is 11.0. The summed E-state index contributed by atoms with van der Waals surface area (Å²) in [5, 5.41) is 8.75. The second-order valence-corrected chi connectivity index (χ2v) is 6.22. The maximum Gasteiger partial charge on any atom is 0.402 e. The van der Waals surface area contributed by atoms with Crippen LogP contribution in [0.2, 0.25) is 0 Å². The van der Waals surface area contributed by atoms with Gasteiger partial charge in [0.1, 0.15) is 12.4 Å². The summed E-state index contributed by atoms with van der Waals surface area (Å²) >= 11 is 0. The first-order chi connectivity index (χ1) is 9.49. The summed E-state index contributed by atoms with van der Waals surface area (Å²) in [6.07, 6.45) is -4.78. The Bertz CT molecular complexity index is 617. The number of alkyl halides is 3. The van der Waals surface area contributed by atoms with Gasteiger partial charge < -0.3 is 10.8 Å². The summed E-state index contributed by atoms with van der Waals surface area (Å²) in [6.45, 7) is -2.05. The van der Waals surface area contributed by atoms with E-state index < -0.39 is 52.3 Å². The van der Waals surface area contributed by atoms with E-state index in [-0.39, 0.29) is 9.87 Å². The molecule has 5 nitrogen and oxygen atoms in total. The molecule has 0 atom stereocenters. The van der Waals surface area contributed by atoms with E-state index in [1.54, 1.807) is 0 Å². The lowest BCUT2D eigenvalue weighted by Gasteiger charge is -2.23. The highest BCUT2D eigenvalue weighted by atomic mass is 32.2. The van der Waals surface area contributed by atoms with E-state index >= 15 is 0 Å². The number of halogens is 4. The molecule has 0 aliphatic rings. The molecule has 0 heterocycles. The van der Waals surface area contributed by atoms with Crippen LogP contribution in [0.5, 0.6) is 0 Å². The smallest absolute Gasteiger partial charge is 0.396 e. The van der Waals surface area contributed by atoms with E-state index in [4.69, 9.17) is 10.8 Å². The molecule has 21 heavy (non-hydrogen) atoms. The van der Waals surface area contributed by atoms with E-state index in [2.05, 4.69) is 0 Å². The summed E-state index contributed by atoms with van der Waals surface area (Å²) in [4.78, 5) is -0.529. The van der Waals surface area contributed by atoms with Gasteiger partial charge >= 0.3 is 6.18 Å². The van der Waals surface area contributed by atoms with Crippen LogP contribution >= 0.6 is 0 Å². The molecule has 120 valence electrons. The minimum atomic E-state index is -4.78. The van der Waals surface area contributed by atoms with Crippen LogP contribution in [-0.2, 0) is 10.0 Å². The molecule has 1 aromatic rings. The van der Waals surface area contributed by atoms with Gasteiger partial charge in [-0.3, -0.25) is 0 Å². The molecule has 0 saturated carbocycles. The minimum Gasteiger partial charge on any atom is -0.396 e. The van der Waals surface area contributed by atoms with Crippen molar-refractivity contribution in [2.45, 2.75) is 18.0 Å². The van der Waals surface area contributed by atoms with Gasteiger partial charge in [-0.15, -0.1) is 0 Å². The van der Waals surface area contributed by atoms with Crippen LogP contribution in [0.4, 0.5) is 23.2 Å². The number of anilines is 1. The van der Waals surface area contributed by atoms with Crippen LogP contribution < -0.4 is 5.73 Å². The SMILES string of the molecule is Cc1cc(F)c(N)cc1S(=O)(=O)N(CCO)CC(F)(F)F. The summed E-state index contributed by atoms with van der Waals surface area (Å²) in [5.41, 5.74) is 4.69. The van der Waals surface area contributed by atoms with Crippen molar-refractivity contribution in [1.29, 1.82) is 0 Å². The first-order valence-corrected chi connectivity index (χ1v) is 7.16. The summed E-state index contributed by atoms with van der Waals surface area (Å²) in [6, 6.07) is 1.59. The Labute approximate surface area is 119 Å². The highest BCUT2D eigenvalue weighted by Gasteiger charge is 2.37. The molecule has 0 spiro atoms. The number of benzene rings is 1. The molecule has 0 unspecified atom stereocenters. The zero-order valence-corrected chi connectivity index (χ0v) is 11.8. The molecule has 0 saturated heterocycles. The quantitative estimate of drug-likeness (QED) is 0.629. The van der Waals surface area contributed by atoms with E-state index in [0.29, 0.717) is 0 Å². The van der Waals surface area contributed by atoms with Crippen LogP contribution in [-0.4, -0.2) is 43.7 Å². The highest BCUT2D eigenvalue weighted by Crippen LogP contribution is 2.27. The van der Waals surface area contributed by atoms with Gasteiger partial charge in [-0.25, -0.2) is 12.8 Å². The standard InChI is InChI=1S/C11H14F4N2O3S/c1-7-4-8(12)9(16)5-10(7)21(19,20)17(2-3-18)6-11(13,14)15/h4-5,18H,2-3,6,16H2,1H3. The molecule has 0 fully saturated rings. The first-order valence-electron chi connectivity index (χ1n) is 5.72. The Morgan fingerprint density at radius 1 is 1.33 bits per heavy atom. The zero-order chi connectivity index (χ0) is 16.4. The van der Waals surface area contributed by atoms with Gasteiger partial charge in [0.2, 0.25) is 10.0 Å². The fourth-order valence-corrected chi connectivity index (χ4v) is 3.34. The maximum atomic E-state index is 13.2. The summed E-state index contributed by atoms with van der Waals surface area (Å²) in [7, 11) is -4.56. The third-order valence-electron chi connectivity index (χ3n) is 2.62. The second kappa shape index (κ2) is 6.16. The number of aliphatic hydroxyl groups is 1. The van der Waals surface area contributed by atoms with Crippen molar-refractivity contribution < 1.29 is 31.1 Å². The molecular weight excluding hydrogens is 316 g/mol. The topological polar surface area (TPSA) is 83.6 Å². The number of hydrogen-bond donors (Lipinski definition) is 2. The molecule has 0 radical (unpaired) electrons. The lowest BCUT2D eigenvalue weighted by molar-refractivity contribution is -0.136. The molecule has 3 N–H and O–H groups in total. The number of hydrogen-bond acceptors (Lipinski definition) is 4. The highest BCUT2D eigenvalue weighted by molar-refractivity contribution is 7.89. The average molecular weight is 330 g/mol. The van der Waals surface area contributed by atoms with Gasteiger partial charge in [0.15, 0.2) is 0 Å². The number of rotatable bonds is 5. The fourth-order valence-electron chi connectivity index (χ4n) is 1.68. The lowest BCUT2D eigenvalue weighted by Crippen LogP contribution is -2.40. The van der Waals surface area contributed by atoms with E-state index in [1.807, 2.05) is 0 Å². The van der Waals surface area contributed by atoms with Crippen molar-refractivity contribution in [3.05, 3.63) is 23.5 Å². The Hall–Kier alpha value is -1.39. The maximum absolute atomic E-state index is 13.2. The van der Waals surface area contributed by atoms with Gasteiger partial charge in [-0.2, -0.15) is 17.5 Å².